The second-order valence-corrected chi connectivity index (χ2v) is 8.90. The Balaban J connectivity index is 2.79. The lowest BCUT2D eigenvalue weighted by atomic mass is 9.67. The lowest BCUT2D eigenvalue weighted by Gasteiger charge is -2.47. The van der Waals surface area contributed by atoms with Crippen LogP contribution in [0.4, 0.5) is 8.78 Å². The van der Waals surface area contributed by atoms with E-state index in [1.54, 1.807) is 0 Å². The summed E-state index contributed by atoms with van der Waals surface area (Å²) in [5.41, 5.74) is -1.10. The molecule has 1 atom stereocenters. The van der Waals surface area contributed by atoms with Crippen molar-refractivity contribution in [2.24, 2.45) is 5.41 Å². The maximum atomic E-state index is 13.0. The van der Waals surface area contributed by atoms with E-state index in [-0.39, 0.29) is 12.3 Å². The molecule has 1 rings (SSSR count). The van der Waals surface area contributed by atoms with Crippen LogP contribution in [0.25, 0.3) is 0 Å². The van der Waals surface area contributed by atoms with Crippen LogP contribution in [0.2, 0.25) is 0 Å². The Kier molecular flexibility index (Phi) is 3.91. The van der Waals surface area contributed by atoms with Crippen LogP contribution in [0.15, 0.2) is 12.0 Å². The van der Waals surface area contributed by atoms with Gasteiger partial charge in [-0.25, -0.2) is 21.9 Å². The first kappa shape index (κ1) is 15.5. The van der Waals surface area contributed by atoms with Crippen LogP contribution in [0.3, 0.4) is 0 Å². The van der Waals surface area contributed by atoms with Gasteiger partial charge in [0.2, 0.25) is 15.9 Å². The Hall–Kier alpha value is -0.540. The molecule has 18 heavy (non-hydrogen) atoms. The van der Waals surface area contributed by atoms with Gasteiger partial charge in [0, 0.05) is 51.9 Å². The SMILES string of the molecule is C=CS(=O)(=O)NCC1(CS(C)(=N)=O)CC(F)(F)C1. The smallest absolute Gasteiger partial charge is 0.249 e. The van der Waals surface area contributed by atoms with Crippen molar-refractivity contribution in [3.63, 3.8) is 0 Å². The average Bonchev–Trinajstić information content (AvgIpc) is 2.09. The van der Waals surface area contributed by atoms with E-state index >= 15 is 0 Å². The Bertz CT molecular complexity index is 532. The predicted molar refractivity (Wildman–Crippen MR) is 65.4 cm³/mol. The minimum absolute atomic E-state index is 0.241. The predicted octanol–water partition coefficient (Wildman–Crippen LogP) is 1.14. The van der Waals surface area contributed by atoms with Crippen molar-refractivity contribution in [1.29, 1.82) is 4.78 Å². The van der Waals surface area contributed by atoms with Gasteiger partial charge in [0.05, 0.1) is 0 Å². The van der Waals surface area contributed by atoms with Gasteiger partial charge in [-0.15, -0.1) is 0 Å². The summed E-state index contributed by atoms with van der Waals surface area (Å²) in [5.74, 6) is -3.11. The van der Waals surface area contributed by atoms with Gasteiger partial charge in [0.15, 0.2) is 0 Å². The third-order valence-electron chi connectivity index (χ3n) is 2.72. The van der Waals surface area contributed by atoms with Crippen LogP contribution >= 0.6 is 0 Å². The molecule has 0 aromatic heterocycles. The standard InChI is InChI=1S/C9H16F2N2O3S2/c1-3-18(15,16)13-6-8(7-17(2,12)14)4-9(10,11)5-8/h3,12-13H,1,4-7H2,2H3. The molecule has 0 saturated heterocycles. The lowest BCUT2D eigenvalue weighted by Crippen LogP contribution is -2.55. The Morgan fingerprint density at radius 1 is 1.39 bits per heavy atom. The molecule has 5 nitrogen and oxygen atoms in total. The molecule has 0 radical (unpaired) electrons. The molecule has 1 fully saturated rings. The molecule has 9 heteroatoms. The molecule has 2 N–H and O–H groups in total. The Morgan fingerprint density at radius 3 is 2.22 bits per heavy atom. The number of hydrogen-bond acceptors (Lipinski definition) is 4. The topological polar surface area (TPSA) is 87.1 Å². The number of sulfonamides is 1. The Labute approximate surface area is 106 Å². The summed E-state index contributed by atoms with van der Waals surface area (Å²) in [6, 6.07) is 0. The monoisotopic (exact) mass is 302 g/mol. The summed E-state index contributed by atoms with van der Waals surface area (Å²) in [5, 5.41) is 0.682. The van der Waals surface area contributed by atoms with Gasteiger partial charge in [-0.05, 0) is 0 Å². The zero-order valence-corrected chi connectivity index (χ0v) is 11.5. The molecule has 0 bridgehead atoms. The summed E-state index contributed by atoms with van der Waals surface area (Å²) in [7, 11) is -6.67. The molecule has 1 unspecified atom stereocenters. The molecule has 1 aliphatic carbocycles. The average molecular weight is 302 g/mol. The van der Waals surface area contributed by atoms with E-state index in [9.17, 15) is 21.4 Å². The van der Waals surface area contributed by atoms with E-state index in [1.807, 2.05) is 0 Å². The molecule has 0 heterocycles. The van der Waals surface area contributed by atoms with Crippen LogP contribution in [0, 0.1) is 10.2 Å². The molecule has 1 aliphatic rings. The van der Waals surface area contributed by atoms with Crippen LogP contribution in [0.1, 0.15) is 12.8 Å². The number of halogens is 2. The van der Waals surface area contributed by atoms with Crippen LogP contribution in [0.5, 0.6) is 0 Å². The van der Waals surface area contributed by atoms with Gasteiger partial charge >= 0.3 is 0 Å². The maximum Gasteiger partial charge on any atom is 0.249 e. The third-order valence-corrected chi connectivity index (χ3v) is 4.87. The van der Waals surface area contributed by atoms with E-state index in [2.05, 4.69) is 11.3 Å². The van der Waals surface area contributed by atoms with E-state index < -0.39 is 43.9 Å². The molecule has 0 aromatic rings. The second kappa shape index (κ2) is 4.53. The fourth-order valence-corrected chi connectivity index (χ4v) is 4.32. The Morgan fingerprint density at radius 2 is 1.89 bits per heavy atom. The molecule has 106 valence electrons. The van der Waals surface area contributed by atoms with Gasteiger partial charge in [-0.1, -0.05) is 6.58 Å². The van der Waals surface area contributed by atoms with Gasteiger partial charge in [-0.3, -0.25) is 8.99 Å². The largest absolute Gasteiger partial charge is 0.253 e. The van der Waals surface area contributed by atoms with Gasteiger partial charge in [0.1, 0.15) is 0 Å². The second-order valence-electron chi connectivity index (χ2n) is 4.89. The van der Waals surface area contributed by atoms with Crippen molar-refractivity contribution in [3.8, 4) is 0 Å². The summed E-state index contributed by atoms with van der Waals surface area (Å²) in [6.45, 7) is 2.84. The number of rotatable bonds is 6. The molecule has 0 spiro atoms. The first-order valence-electron chi connectivity index (χ1n) is 5.10. The summed E-state index contributed by atoms with van der Waals surface area (Å²) in [6.07, 6.45) is 0.0555. The first-order chi connectivity index (χ1) is 7.89. The quantitative estimate of drug-likeness (QED) is 0.771. The molecule has 0 amide bonds. The van der Waals surface area contributed by atoms with Gasteiger partial charge in [0.25, 0.3) is 0 Å². The van der Waals surface area contributed by atoms with E-state index in [0.717, 1.165) is 6.26 Å². The maximum absolute atomic E-state index is 13.0. The van der Waals surface area contributed by atoms with Crippen molar-refractivity contribution in [2.75, 3.05) is 18.6 Å². The summed E-state index contributed by atoms with van der Waals surface area (Å²) < 4.78 is 69.1. The molecule has 0 aromatic carbocycles. The fourth-order valence-electron chi connectivity index (χ4n) is 2.22. The number of hydrogen-bond donors (Lipinski definition) is 2. The number of alkyl halides is 2. The molecular weight excluding hydrogens is 286 g/mol. The van der Waals surface area contributed by atoms with E-state index in [1.165, 1.54) is 0 Å². The highest BCUT2D eigenvalue weighted by Crippen LogP contribution is 2.52. The van der Waals surface area contributed by atoms with E-state index in [0.29, 0.717) is 5.41 Å². The first-order valence-corrected chi connectivity index (χ1v) is 8.78. The van der Waals surface area contributed by atoms with Crippen LogP contribution < -0.4 is 4.72 Å². The van der Waals surface area contributed by atoms with Crippen molar-refractivity contribution in [3.05, 3.63) is 12.0 Å². The normalized spacial score (nSPS) is 24.8. The summed E-state index contributed by atoms with van der Waals surface area (Å²) >= 11 is 0. The van der Waals surface area contributed by atoms with Gasteiger partial charge in [-0.2, -0.15) is 0 Å². The summed E-state index contributed by atoms with van der Waals surface area (Å²) in [4.78, 5) is 0. The minimum Gasteiger partial charge on any atom is -0.253 e. The molecule has 0 aliphatic heterocycles. The van der Waals surface area contributed by atoms with Crippen LogP contribution in [-0.2, 0) is 19.8 Å². The lowest BCUT2D eigenvalue weighted by molar-refractivity contribution is -0.148. The third kappa shape index (κ3) is 4.29. The molecular formula is C9H16F2N2O3S2. The van der Waals surface area contributed by atoms with Crippen molar-refractivity contribution in [1.82, 2.24) is 4.72 Å². The number of nitrogens with one attached hydrogen (secondary N) is 2. The van der Waals surface area contributed by atoms with Crippen molar-refractivity contribution < 1.29 is 21.4 Å². The van der Waals surface area contributed by atoms with Crippen LogP contribution in [-0.4, -0.2) is 37.1 Å². The van der Waals surface area contributed by atoms with Gasteiger partial charge < -0.3 is 0 Å². The minimum atomic E-state index is -3.71. The highest BCUT2D eigenvalue weighted by molar-refractivity contribution is 7.92. The fraction of sp³-hybridized carbons (Fsp3) is 0.778. The molecule has 1 saturated carbocycles. The van der Waals surface area contributed by atoms with Crippen molar-refractivity contribution in [2.45, 2.75) is 18.8 Å². The highest BCUT2D eigenvalue weighted by Gasteiger charge is 2.57. The highest BCUT2D eigenvalue weighted by atomic mass is 32.2. The van der Waals surface area contributed by atoms with E-state index in [4.69, 9.17) is 4.78 Å². The zero-order valence-electron chi connectivity index (χ0n) is 9.91. The van der Waals surface area contributed by atoms with Crippen molar-refractivity contribution >= 4 is 19.8 Å². The zero-order chi connectivity index (χ0) is 14.2.